The van der Waals surface area contributed by atoms with E-state index in [0.29, 0.717) is 5.56 Å². The van der Waals surface area contributed by atoms with Gasteiger partial charge in [0.1, 0.15) is 0 Å². The molecular weight excluding hydrogens is 296 g/mol. The zero-order chi connectivity index (χ0) is 17.9. The van der Waals surface area contributed by atoms with Crippen molar-refractivity contribution >= 4 is 11.5 Å². The molecule has 4 N–H and O–H groups in total. The highest BCUT2D eigenvalue weighted by Crippen LogP contribution is 2.40. The second kappa shape index (κ2) is 7.35. The van der Waals surface area contributed by atoms with E-state index in [0.717, 1.165) is 48.1 Å². The first kappa shape index (κ1) is 18.5. The lowest BCUT2D eigenvalue weighted by molar-refractivity contribution is 0.103. The molecule has 1 unspecified atom stereocenters. The standard InChI is InChI=1S/C21H30N2O/c1-5-14-11-16(9-10-18(14)22)19(24)17-12-15(6-2)20(23)21(7-3,8-4)13-17/h9-13,20H,5-8,22-23H2,1-4H3. The molecule has 24 heavy (non-hydrogen) atoms. The van der Waals surface area contributed by atoms with E-state index >= 15 is 0 Å². The van der Waals surface area contributed by atoms with Crippen molar-refractivity contribution in [3.05, 3.63) is 52.6 Å². The predicted octanol–water partition coefficient (Wildman–Crippen LogP) is 4.42. The van der Waals surface area contributed by atoms with Crippen LogP contribution in [0.5, 0.6) is 0 Å². The van der Waals surface area contributed by atoms with Gasteiger partial charge in [0, 0.05) is 28.3 Å². The minimum absolute atomic E-state index is 0.00771. The minimum Gasteiger partial charge on any atom is -0.399 e. The van der Waals surface area contributed by atoms with Crippen LogP contribution in [0.3, 0.4) is 0 Å². The molecule has 1 aliphatic rings. The molecule has 1 aliphatic carbocycles. The number of nitrogens with two attached hydrogens (primary N) is 2. The number of hydrogen-bond donors (Lipinski definition) is 2. The molecule has 0 aromatic heterocycles. The van der Waals surface area contributed by atoms with Crippen LogP contribution in [0.15, 0.2) is 41.5 Å². The molecule has 0 aliphatic heterocycles. The molecule has 0 amide bonds. The van der Waals surface area contributed by atoms with E-state index in [4.69, 9.17) is 11.5 Å². The van der Waals surface area contributed by atoms with Gasteiger partial charge >= 0.3 is 0 Å². The van der Waals surface area contributed by atoms with Gasteiger partial charge in [0.05, 0.1) is 0 Å². The first-order chi connectivity index (χ1) is 11.4. The monoisotopic (exact) mass is 326 g/mol. The SMILES string of the molecule is CCC1=CC(C(=O)c2ccc(N)c(CC)c2)=CC(CC)(CC)C1N. The molecule has 0 heterocycles. The van der Waals surface area contributed by atoms with Gasteiger partial charge in [0.15, 0.2) is 5.78 Å². The average Bonchev–Trinajstić information content (AvgIpc) is 2.62. The Balaban J connectivity index is 2.49. The number of carbonyl (C=O) groups excluding carboxylic acids is 1. The normalized spacial score (nSPS) is 19.6. The van der Waals surface area contributed by atoms with Gasteiger partial charge in [0.2, 0.25) is 0 Å². The van der Waals surface area contributed by atoms with Crippen LogP contribution in [0, 0.1) is 5.41 Å². The molecule has 0 spiro atoms. The second-order valence-electron chi connectivity index (χ2n) is 6.69. The maximum absolute atomic E-state index is 13.1. The number of Topliss-reactive ketones (excluding diaryl/α,β-unsaturated/α-hetero) is 1. The zero-order valence-electron chi connectivity index (χ0n) is 15.4. The van der Waals surface area contributed by atoms with Gasteiger partial charge in [0.25, 0.3) is 0 Å². The summed E-state index contributed by atoms with van der Waals surface area (Å²) in [6.07, 6.45) is 7.66. The molecule has 0 radical (unpaired) electrons. The number of nitrogen functional groups attached to an aromatic ring is 1. The van der Waals surface area contributed by atoms with Gasteiger partial charge in [-0.25, -0.2) is 0 Å². The van der Waals surface area contributed by atoms with Crippen LogP contribution >= 0.6 is 0 Å². The van der Waals surface area contributed by atoms with Crippen molar-refractivity contribution in [1.29, 1.82) is 0 Å². The molecule has 2 rings (SSSR count). The van der Waals surface area contributed by atoms with Crippen LogP contribution in [0.4, 0.5) is 5.69 Å². The Morgan fingerprint density at radius 3 is 2.33 bits per heavy atom. The number of rotatable bonds is 6. The summed E-state index contributed by atoms with van der Waals surface area (Å²) in [6.45, 7) is 8.46. The molecule has 0 bridgehead atoms. The lowest BCUT2D eigenvalue weighted by atomic mass is 9.68. The predicted molar refractivity (Wildman–Crippen MR) is 102 cm³/mol. The van der Waals surface area contributed by atoms with E-state index in [9.17, 15) is 4.79 Å². The first-order valence-electron chi connectivity index (χ1n) is 9.04. The van der Waals surface area contributed by atoms with Crippen LogP contribution in [0.25, 0.3) is 0 Å². The van der Waals surface area contributed by atoms with Gasteiger partial charge in [-0.3, -0.25) is 4.79 Å². The second-order valence-corrected chi connectivity index (χ2v) is 6.69. The molecule has 0 saturated heterocycles. The third kappa shape index (κ3) is 3.18. The summed E-state index contributed by atoms with van der Waals surface area (Å²) in [5, 5.41) is 0. The van der Waals surface area contributed by atoms with Crippen LogP contribution in [-0.4, -0.2) is 11.8 Å². The topological polar surface area (TPSA) is 69.1 Å². The number of ketones is 1. The summed E-state index contributed by atoms with van der Waals surface area (Å²) >= 11 is 0. The zero-order valence-corrected chi connectivity index (χ0v) is 15.4. The summed E-state index contributed by atoms with van der Waals surface area (Å²) in [5.74, 6) is 0.0637. The Hall–Kier alpha value is -1.87. The number of aryl methyl sites for hydroxylation is 1. The lowest BCUT2D eigenvalue weighted by Crippen LogP contribution is -2.43. The van der Waals surface area contributed by atoms with E-state index in [1.807, 2.05) is 31.2 Å². The van der Waals surface area contributed by atoms with E-state index in [1.165, 1.54) is 0 Å². The number of allylic oxidation sites excluding steroid dienone is 2. The Bertz CT molecular complexity index is 681. The Kier molecular flexibility index (Phi) is 5.66. The van der Waals surface area contributed by atoms with E-state index in [1.54, 1.807) is 0 Å². The molecule has 1 aromatic rings. The fraction of sp³-hybridized carbons (Fsp3) is 0.476. The van der Waals surface area contributed by atoms with Crippen molar-refractivity contribution in [2.75, 3.05) is 5.73 Å². The van der Waals surface area contributed by atoms with Crippen molar-refractivity contribution in [3.8, 4) is 0 Å². The summed E-state index contributed by atoms with van der Waals surface area (Å²) in [6, 6.07) is 5.57. The van der Waals surface area contributed by atoms with E-state index in [-0.39, 0.29) is 17.2 Å². The Labute approximate surface area is 145 Å². The van der Waals surface area contributed by atoms with E-state index < -0.39 is 0 Å². The van der Waals surface area contributed by atoms with Crippen molar-refractivity contribution in [3.63, 3.8) is 0 Å². The molecule has 3 heteroatoms. The van der Waals surface area contributed by atoms with Gasteiger partial charge in [-0.05, 0) is 49.4 Å². The third-order valence-corrected chi connectivity index (χ3v) is 5.58. The quantitative estimate of drug-likeness (QED) is 0.600. The van der Waals surface area contributed by atoms with Crippen LogP contribution in [0.1, 0.15) is 62.9 Å². The van der Waals surface area contributed by atoms with Crippen LogP contribution < -0.4 is 11.5 Å². The number of carbonyl (C=O) groups is 1. The fourth-order valence-electron chi connectivity index (χ4n) is 3.67. The van der Waals surface area contributed by atoms with Crippen molar-refractivity contribution in [1.82, 2.24) is 0 Å². The van der Waals surface area contributed by atoms with Gasteiger partial charge in [-0.2, -0.15) is 0 Å². The molecule has 1 aromatic carbocycles. The Morgan fingerprint density at radius 1 is 1.12 bits per heavy atom. The smallest absolute Gasteiger partial charge is 0.192 e. The van der Waals surface area contributed by atoms with Gasteiger partial charge in [-0.1, -0.05) is 45.4 Å². The molecule has 3 nitrogen and oxygen atoms in total. The molecule has 0 fully saturated rings. The maximum atomic E-state index is 13.1. The molecule has 0 saturated carbocycles. The average molecular weight is 326 g/mol. The highest BCUT2D eigenvalue weighted by Gasteiger charge is 2.37. The van der Waals surface area contributed by atoms with Crippen molar-refractivity contribution < 1.29 is 4.79 Å². The molecule has 1 atom stereocenters. The number of benzene rings is 1. The summed E-state index contributed by atoms with van der Waals surface area (Å²) in [4.78, 5) is 13.1. The van der Waals surface area contributed by atoms with Crippen molar-refractivity contribution in [2.24, 2.45) is 11.1 Å². The lowest BCUT2D eigenvalue weighted by Gasteiger charge is -2.39. The molecular formula is C21H30N2O. The summed E-state index contributed by atoms with van der Waals surface area (Å²) in [7, 11) is 0. The van der Waals surface area contributed by atoms with Gasteiger partial charge in [-0.15, -0.1) is 0 Å². The van der Waals surface area contributed by atoms with Crippen LogP contribution in [-0.2, 0) is 6.42 Å². The van der Waals surface area contributed by atoms with Crippen LogP contribution in [0.2, 0.25) is 0 Å². The summed E-state index contributed by atoms with van der Waals surface area (Å²) in [5.41, 5.74) is 16.8. The number of hydrogen-bond acceptors (Lipinski definition) is 3. The Morgan fingerprint density at radius 2 is 1.79 bits per heavy atom. The number of anilines is 1. The third-order valence-electron chi connectivity index (χ3n) is 5.58. The minimum atomic E-state index is -0.132. The van der Waals surface area contributed by atoms with Gasteiger partial charge < -0.3 is 11.5 Å². The first-order valence-corrected chi connectivity index (χ1v) is 9.04. The largest absolute Gasteiger partial charge is 0.399 e. The van der Waals surface area contributed by atoms with Crippen molar-refractivity contribution in [2.45, 2.75) is 59.4 Å². The highest BCUT2D eigenvalue weighted by molar-refractivity contribution is 6.11. The fourth-order valence-corrected chi connectivity index (χ4v) is 3.67. The highest BCUT2D eigenvalue weighted by atomic mass is 16.1. The van der Waals surface area contributed by atoms with E-state index in [2.05, 4.69) is 26.8 Å². The molecule has 130 valence electrons. The summed E-state index contributed by atoms with van der Waals surface area (Å²) < 4.78 is 0. The maximum Gasteiger partial charge on any atom is 0.192 e.